The first-order valence-corrected chi connectivity index (χ1v) is 6.26. The summed E-state index contributed by atoms with van der Waals surface area (Å²) in [6.45, 7) is 7.32. The Bertz CT molecular complexity index is 149. The molecule has 82 valence electrons. The normalized spacial score (nSPS) is 37.3. The molecule has 0 amide bonds. The molecule has 2 nitrogen and oxygen atoms in total. The molecule has 2 aliphatic heterocycles. The summed E-state index contributed by atoms with van der Waals surface area (Å²) in [5.41, 5.74) is 0. The predicted molar refractivity (Wildman–Crippen MR) is 60.4 cm³/mol. The molecule has 2 N–H and O–H groups in total. The molecule has 0 radical (unpaired) electrons. The largest absolute Gasteiger partial charge is 0.314 e. The van der Waals surface area contributed by atoms with Gasteiger partial charge in [0, 0.05) is 12.1 Å². The van der Waals surface area contributed by atoms with Crippen LogP contribution in [0.3, 0.4) is 0 Å². The lowest BCUT2D eigenvalue weighted by molar-refractivity contribution is 0.252. The average molecular weight is 196 g/mol. The second-order valence-electron chi connectivity index (χ2n) is 5.12. The van der Waals surface area contributed by atoms with Gasteiger partial charge >= 0.3 is 0 Å². The van der Waals surface area contributed by atoms with Gasteiger partial charge in [-0.2, -0.15) is 0 Å². The van der Waals surface area contributed by atoms with Crippen LogP contribution in [-0.2, 0) is 0 Å². The van der Waals surface area contributed by atoms with E-state index in [1.807, 2.05) is 0 Å². The maximum atomic E-state index is 3.63. The van der Waals surface area contributed by atoms with Gasteiger partial charge in [0.2, 0.25) is 0 Å². The van der Waals surface area contributed by atoms with Crippen molar-refractivity contribution in [2.45, 2.75) is 51.6 Å². The van der Waals surface area contributed by atoms with E-state index in [0.29, 0.717) is 0 Å². The Morgan fingerprint density at radius 2 is 1.29 bits per heavy atom. The summed E-state index contributed by atoms with van der Waals surface area (Å²) in [7, 11) is 0. The van der Waals surface area contributed by atoms with Crippen molar-refractivity contribution in [2.75, 3.05) is 13.1 Å². The third-order valence-electron chi connectivity index (χ3n) is 4.30. The van der Waals surface area contributed by atoms with Gasteiger partial charge in [-0.25, -0.2) is 0 Å². The summed E-state index contributed by atoms with van der Waals surface area (Å²) in [5, 5.41) is 7.27. The fraction of sp³-hybridized carbons (Fsp3) is 1.00. The molecule has 2 fully saturated rings. The summed E-state index contributed by atoms with van der Waals surface area (Å²) in [6, 6.07) is 1.57. The lowest BCUT2D eigenvalue weighted by Gasteiger charge is -2.30. The molecule has 0 spiro atoms. The van der Waals surface area contributed by atoms with E-state index in [-0.39, 0.29) is 0 Å². The lowest BCUT2D eigenvalue weighted by atomic mass is 9.82. The first-order valence-electron chi connectivity index (χ1n) is 6.26. The Morgan fingerprint density at radius 3 is 1.57 bits per heavy atom. The van der Waals surface area contributed by atoms with Crippen LogP contribution in [0.5, 0.6) is 0 Å². The Labute approximate surface area is 87.8 Å². The van der Waals surface area contributed by atoms with Crippen LogP contribution in [0.1, 0.15) is 39.5 Å². The average Bonchev–Trinajstić information content (AvgIpc) is 2.87. The van der Waals surface area contributed by atoms with Crippen molar-refractivity contribution in [3.63, 3.8) is 0 Å². The predicted octanol–water partition coefficient (Wildman–Crippen LogP) is 1.76. The highest BCUT2D eigenvalue weighted by molar-refractivity contribution is 4.88. The van der Waals surface area contributed by atoms with Crippen LogP contribution in [0, 0.1) is 11.8 Å². The minimum Gasteiger partial charge on any atom is -0.314 e. The molecule has 0 bridgehead atoms. The zero-order chi connectivity index (χ0) is 9.97. The molecular formula is C12H24N2. The molecule has 0 unspecified atom stereocenters. The smallest absolute Gasteiger partial charge is 0.00962 e. The van der Waals surface area contributed by atoms with Crippen molar-refractivity contribution < 1.29 is 0 Å². The summed E-state index contributed by atoms with van der Waals surface area (Å²) >= 11 is 0. The summed E-state index contributed by atoms with van der Waals surface area (Å²) < 4.78 is 0. The molecule has 2 aliphatic rings. The van der Waals surface area contributed by atoms with Gasteiger partial charge in [-0.1, -0.05) is 13.8 Å². The molecule has 2 rings (SSSR count). The Kier molecular flexibility index (Phi) is 3.45. The topological polar surface area (TPSA) is 24.1 Å². The van der Waals surface area contributed by atoms with Gasteiger partial charge in [0.25, 0.3) is 0 Å². The Hall–Kier alpha value is -0.0800. The lowest BCUT2D eigenvalue weighted by Crippen LogP contribution is -2.40. The summed E-state index contributed by atoms with van der Waals surface area (Å²) in [4.78, 5) is 0. The van der Waals surface area contributed by atoms with E-state index >= 15 is 0 Å². The molecule has 2 heterocycles. The Balaban J connectivity index is 1.85. The molecule has 0 aromatic carbocycles. The number of hydrogen-bond donors (Lipinski definition) is 2. The van der Waals surface area contributed by atoms with Gasteiger partial charge in [-0.05, 0) is 50.6 Å². The molecule has 0 aliphatic carbocycles. The minimum atomic E-state index is 0.785. The van der Waals surface area contributed by atoms with Crippen LogP contribution in [0.15, 0.2) is 0 Å². The van der Waals surface area contributed by atoms with Crippen LogP contribution < -0.4 is 10.6 Å². The fourth-order valence-corrected chi connectivity index (χ4v) is 3.05. The molecule has 2 heteroatoms. The SMILES string of the molecule is C[C@H]([C@H](C)[C@@H]1CCCN1)[C@H]1CCCN1. The van der Waals surface area contributed by atoms with Crippen molar-refractivity contribution in [3.8, 4) is 0 Å². The van der Waals surface area contributed by atoms with Crippen LogP contribution in [-0.4, -0.2) is 25.2 Å². The van der Waals surface area contributed by atoms with Gasteiger partial charge in [0.1, 0.15) is 0 Å². The van der Waals surface area contributed by atoms with Crippen molar-refractivity contribution >= 4 is 0 Å². The zero-order valence-corrected chi connectivity index (χ0v) is 9.55. The first-order chi connectivity index (χ1) is 6.79. The van der Waals surface area contributed by atoms with E-state index in [0.717, 1.165) is 23.9 Å². The van der Waals surface area contributed by atoms with Gasteiger partial charge in [-0.3, -0.25) is 0 Å². The van der Waals surface area contributed by atoms with Crippen LogP contribution in [0.4, 0.5) is 0 Å². The highest BCUT2D eigenvalue weighted by Gasteiger charge is 2.31. The molecule has 0 saturated carbocycles. The van der Waals surface area contributed by atoms with Crippen LogP contribution >= 0.6 is 0 Å². The second-order valence-corrected chi connectivity index (χ2v) is 5.12. The summed E-state index contributed by atoms with van der Waals surface area (Å²) in [5.74, 6) is 1.65. The third-order valence-corrected chi connectivity index (χ3v) is 4.30. The van der Waals surface area contributed by atoms with Gasteiger partial charge in [0.15, 0.2) is 0 Å². The monoisotopic (exact) mass is 196 g/mol. The van der Waals surface area contributed by atoms with Crippen LogP contribution in [0.2, 0.25) is 0 Å². The van der Waals surface area contributed by atoms with Crippen molar-refractivity contribution in [3.05, 3.63) is 0 Å². The maximum absolute atomic E-state index is 3.63. The first kappa shape index (κ1) is 10.4. The van der Waals surface area contributed by atoms with E-state index in [9.17, 15) is 0 Å². The highest BCUT2D eigenvalue weighted by atomic mass is 15.0. The zero-order valence-electron chi connectivity index (χ0n) is 9.55. The molecular weight excluding hydrogens is 172 g/mol. The Morgan fingerprint density at radius 1 is 0.857 bits per heavy atom. The van der Waals surface area contributed by atoms with E-state index < -0.39 is 0 Å². The van der Waals surface area contributed by atoms with Crippen molar-refractivity contribution in [2.24, 2.45) is 11.8 Å². The van der Waals surface area contributed by atoms with E-state index in [1.165, 1.54) is 38.8 Å². The molecule has 14 heavy (non-hydrogen) atoms. The van der Waals surface area contributed by atoms with Gasteiger partial charge in [0.05, 0.1) is 0 Å². The molecule has 0 aromatic heterocycles. The molecule has 4 atom stereocenters. The van der Waals surface area contributed by atoms with Crippen molar-refractivity contribution in [1.29, 1.82) is 0 Å². The summed E-state index contributed by atoms with van der Waals surface area (Å²) in [6.07, 6.45) is 5.52. The fourth-order valence-electron chi connectivity index (χ4n) is 3.05. The molecule has 2 saturated heterocycles. The maximum Gasteiger partial charge on any atom is 0.00962 e. The molecule has 0 aromatic rings. The number of rotatable bonds is 3. The van der Waals surface area contributed by atoms with Crippen molar-refractivity contribution in [1.82, 2.24) is 10.6 Å². The number of nitrogens with one attached hydrogen (secondary N) is 2. The number of hydrogen-bond acceptors (Lipinski definition) is 2. The van der Waals surface area contributed by atoms with E-state index in [4.69, 9.17) is 0 Å². The van der Waals surface area contributed by atoms with E-state index in [2.05, 4.69) is 24.5 Å². The minimum absolute atomic E-state index is 0.785. The quantitative estimate of drug-likeness (QED) is 0.719. The third kappa shape index (κ3) is 2.12. The van der Waals surface area contributed by atoms with E-state index in [1.54, 1.807) is 0 Å². The second kappa shape index (κ2) is 4.63. The highest BCUT2D eigenvalue weighted by Crippen LogP contribution is 2.27. The van der Waals surface area contributed by atoms with Gasteiger partial charge in [-0.15, -0.1) is 0 Å². The standard InChI is InChI=1S/C12H24N2/c1-9(11-5-3-7-13-11)10(2)12-6-4-8-14-12/h9-14H,3-8H2,1-2H3/t9-,10+,11-,12+. The van der Waals surface area contributed by atoms with Gasteiger partial charge < -0.3 is 10.6 Å². The van der Waals surface area contributed by atoms with Crippen LogP contribution in [0.25, 0.3) is 0 Å².